The minimum absolute atomic E-state index is 0.775. The Labute approximate surface area is 126 Å². The predicted octanol–water partition coefficient (Wildman–Crippen LogP) is 4.33. The molecule has 3 rings (SSSR count). The van der Waals surface area contributed by atoms with E-state index in [0.717, 1.165) is 16.5 Å². The Morgan fingerprint density at radius 1 is 1.20 bits per heavy atom. The van der Waals surface area contributed by atoms with E-state index in [-0.39, 0.29) is 0 Å². The summed E-state index contributed by atoms with van der Waals surface area (Å²) < 4.78 is 3.02. The molecule has 0 fully saturated rings. The quantitative estimate of drug-likeness (QED) is 0.775. The molecule has 0 atom stereocenters. The van der Waals surface area contributed by atoms with Crippen LogP contribution in [0.3, 0.4) is 0 Å². The number of nitrogens with one attached hydrogen (secondary N) is 1. The third kappa shape index (κ3) is 2.43. The molecule has 3 nitrogen and oxygen atoms in total. The maximum atomic E-state index is 4.36. The highest BCUT2D eigenvalue weighted by Crippen LogP contribution is 2.26. The number of anilines is 1. The zero-order valence-electron chi connectivity index (χ0n) is 11.5. The van der Waals surface area contributed by atoms with Crippen molar-refractivity contribution in [1.82, 2.24) is 9.61 Å². The van der Waals surface area contributed by atoms with Gasteiger partial charge in [-0.1, -0.05) is 22.0 Å². The Morgan fingerprint density at radius 3 is 2.70 bits per heavy atom. The largest absolute Gasteiger partial charge is 0.380 e. The van der Waals surface area contributed by atoms with Crippen molar-refractivity contribution in [2.24, 2.45) is 0 Å². The third-order valence-corrected chi connectivity index (χ3v) is 3.92. The number of aromatic nitrogens is 2. The smallest absolute Gasteiger partial charge is 0.0711 e. The summed E-state index contributed by atoms with van der Waals surface area (Å²) in [5.41, 5.74) is 6.03. The second-order valence-electron chi connectivity index (χ2n) is 4.97. The Balaban J connectivity index is 1.87. The number of benzene rings is 1. The number of nitrogens with zero attached hydrogens (tertiary/aromatic N) is 2. The molecule has 0 aliphatic heterocycles. The summed E-state index contributed by atoms with van der Waals surface area (Å²) in [6, 6.07) is 10.4. The molecule has 0 saturated heterocycles. The van der Waals surface area contributed by atoms with Gasteiger partial charge in [0.1, 0.15) is 0 Å². The summed E-state index contributed by atoms with van der Waals surface area (Å²) in [5.74, 6) is 0. The summed E-state index contributed by atoms with van der Waals surface area (Å²) in [5, 5.41) is 7.89. The van der Waals surface area contributed by atoms with Crippen LogP contribution in [0.2, 0.25) is 0 Å². The molecule has 0 saturated carbocycles. The van der Waals surface area contributed by atoms with Gasteiger partial charge >= 0.3 is 0 Å². The molecule has 20 heavy (non-hydrogen) atoms. The lowest BCUT2D eigenvalue weighted by Gasteiger charge is -2.13. The van der Waals surface area contributed by atoms with Crippen molar-refractivity contribution >= 4 is 27.1 Å². The summed E-state index contributed by atoms with van der Waals surface area (Å²) in [6.45, 7) is 5.02. The van der Waals surface area contributed by atoms with E-state index in [0.29, 0.717) is 0 Å². The fraction of sp³-hybridized carbons (Fsp3) is 0.188. The summed E-state index contributed by atoms with van der Waals surface area (Å²) in [7, 11) is 0. The van der Waals surface area contributed by atoms with Gasteiger partial charge in [0.15, 0.2) is 0 Å². The molecule has 0 radical (unpaired) electrons. The van der Waals surface area contributed by atoms with Gasteiger partial charge in [0, 0.05) is 28.5 Å². The molecule has 0 aliphatic rings. The lowest BCUT2D eigenvalue weighted by atomic mass is 10.1. The van der Waals surface area contributed by atoms with Gasteiger partial charge in [-0.3, -0.25) is 0 Å². The molecule has 0 unspecified atom stereocenters. The monoisotopic (exact) mass is 329 g/mol. The number of hydrogen-bond acceptors (Lipinski definition) is 2. The highest BCUT2D eigenvalue weighted by Gasteiger charge is 2.06. The van der Waals surface area contributed by atoms with Gasteiger partial charge in [0.05, 0.1) is 11.7 Å². The van der Waals surface area contributed by atoms with Gasteiger partial charge < -0.3 is 5.32 Å². The normalized spacial score (nSPS) is 10.9. The van der Waals surface area contributed by atoms with Gasteiger partial charge in [0.2, 0.25) is 0 Å². The maximum absolute atomic E-state index is 4.36. The topological polar surface area (TPSA) is 29.3 Å². The molecule has 2 aromatic heterocycles. The Morgan fingerprint density at radius 2 is 1.95 bits per heavy atom. The fourth-order valence-corrected chi connectivity index (χ4v) is 3.18. The van der Waals surface area contributed by atoms with E-state index in [2.05, 4.69) is 58.4 Å². The van der Waals surface area contributed by atoms with Crippen LogP contribution in [0, 0.1) is 13.8 Å². The predicted molar refractivity (Wildman–Crippen MR) is 86.1 cm³/mol. The van der Waals surface area contributed by atoms with Crippen LogP contribution in [0.1, 0.15) is 16.7 Å². The molecule has 102 valence electrons. The molecule has 1 N–H and O–H groups in total. The number of hydrogen-bond donors (Lipinski definition) is 1. The molecular weight excluding hydrogens is 314 g/mol. The van der Waals surface area contributed by atoms with Crippen LogP contribution in [-0.2, 0) is 6.54 Å². The highest BCUT2D eigenvalue weighted by atomic mass is 79.9. The van der Waals surface area contributed by atoms with Crippen molar-refractivity contribution < 1.29 is 0 Å². The van der Waals surface area contributed by atoms with Crippen molar-refractivity contribution in [3.63, 3.8) is 0 Å². The summed E-state index contributed by atoms with van der Waals surface area (Å²) in [6.07, 6.45) is 3.89. The molecular formula is C16H16BrN3. The van der Waals surface area contributed by atoms with E-state index >= 15 is 0 Å². The van der Waals surface area contributed by atoms with Gasteiger partial charge in [-0.05, 0) is 49.2 Å². The van der Waals surface area contributed by atoms with E-state index in [1.807, 2.05) is 29.0 Å². The van der Waals surface area contributed by atoms with Gasteiger partial charge in [-0.15, -0.1) is 0 Å². The SMILES string of the molecule is Cc1cc(Br)cc(C)c1NCc1cnn2ccccc12. The minimum Gasteiger partial charge on any atom is -0.380 e. The molecule has 0 amide bonds. The number of halogens is 1. The summed E-state index contributed by atoms with van der Waals surface area (Å²) in [4.78, 5) is 0. The second kappa shape index (κ2) is 5.29. The van der Waals surface area contributed by atoms with Gasteiger partial charge in [-0.2, -0.15) is 5.10 Å². The molecule has 0 aliphatic carbocycles. The highest BCUT2D eigenvalue weighted by molar-refractivity contribution is 9.10. The first-order valence-corrected chi connectivity index (χ1v) is 7.36. The van der Waals surface area contributed by atoms with Gasteiger partial charge in [0.25, 0.3) is 0 Å². The fourth-order valence-electron chi connectivity index (χ4n) is 2.50. The van der Waals surface area contributed by atoms with Gasteiger partial charge in [-0.25, -0.2) is 4.52 Å². The molecule has 1 aromatic carbocycles. The van der Waals surface area contributed by atoms with E-state index in [1.165, 1.54) is 22.4 Å². The van der Waals surface area contributed by atoms with E-state index in [1.54, 1.807) is 0 Å². The minimum atomic E-state index is 0.775. The first kappa shape index (κ1) is 13.2. The van der Waals surface area contributed by atoms with Crippen LogP contribution in [0.25, 0.3) is 5.52 Å². The number of pyridine rings is 1. The first-order chi connectivity index (χ1) is 9.65. The van der Waals surface area contributed by atoms with Crippen molar-refractivity contribution in [3.05, 3.63) is 63.9 Å². The van der Waals surface area contributed by atoms with Crippen molar-refractivity contribution in [3.8, 4) is 0 Å². The summed E-state index contributed by atoms with van der Waals surface area (Å²) >= 11 is 3.53. The van der Waals surface area contributed by atoms with E-state index in [4.69, 9.17) is 0 Å². The molecule has 0 spiro atoms. The Kier molecular flexibility index (Phi) is 3.49. The second-order valence-corrected chi connectivity index (χ2v) is 5.88. The lowest BCUT2D eigenvalue weighted by Crippen LogP contribution is -2.02. The van der Waals surface area contributed by atoms with Crippen molar-refractivity contribution in [2.75, 3.05) is 5.32 Å². The molecule has 3 aromatic rings. The number of fused-ring (bicyclic) bond motifs is 1. The average Bonchev–Trinajstić information content (AvgIpc) is 2.81. The number of rotatable bonds is 3. The van der Waals surface area contributed by atoms with E-state index in [9.17, 15) is 0 Å². The van der Waals surface area contributed by atoms with Crippen molar-refractivity contribution in [1.29, 1.82) is 0 Å². The molecule has 4 heteroatoms. The van der Waals surface area contributed by atoms with Crippen LogP contribution < -0.4 is 5.32 Å². The lowest BCUT2D eigenvalue weighted by molar-refractivity contribution is 0.961. The Bertz CT molecular complexity index is 738. The third-order valence-electron chi connectivity index (χ3n) is 3.46. The zero-order valence-corrected chi connectivity index (χ0v) is 13.1. The van der Waals surface area contributed by atoms with Crippen LogP contribution in [0.4, 0.5) is 5.69 Å². The van der Waals surface area contributed by atoms with Crippen LogP contribution in [-0.4, -0.2) is 9.61 Å². The zero-order chi connectivity index (χ0) is 14.1. The standard InChI is InChI=1S/C16H16BrN3/c1-11-7-14(17)8-12(2)16(11)18-9-13-10-19-20-6-4-3-5-15(13)20/h3-8,10,18H,9H2,1-2H3. The van der Waals surface area contributed by atoms with Crippen LogP contribution in [0.15, 0.2) is 47.2 Å². The molecule has 0 bridgehead atoms. The van der Waals surface area contributed by atoms with Crippen LogP contribution in [0.5, 0.6) is 0 Å². The van der Waals surface area contributed by atoms with E-state index < -0.39 is 0 Å². The molecule has 2 heterocycles. The number of aryl methyl sites for hydroxylation is 2. The van der Waals surface area contributed by atoms with Crippen LogP contribution >= 0.6 is 15.9 Å². The Hall–Kier alpha value is -1.81. The van der Waals surface area contributed by atoms with Crippen molar-refractivity contribution in [2.45, 2.75) is 20.4 Å². The first-order valence-electron chi connectivity index (χ1n) is 6.57. The maximum Gasteiger partial charge on any atom is 0.0711 e. The average molecular weight is 330 g/mol.